The van der Waals surface area contributed by atoms with Crippen LogP contribution in [-0.2, 0) is 15.1 Å². The second-order valence-electron chi connectivity index (χ2n) is 7.95. The fourth-order valence-corrected chi connectivity index (χ4v) is 4.11. The van der Waals surface area contributed by atoms with Gasteiger partial charge in [-0.2, -0.15) is 0 Å². The van der Waals surface area contributed by atoms with E-state index >= 15 is 0 Å². The third kappa shape index (κ3) is 4.89. The van der Waals surface area contributed by atoms with Gasteiger partial charge in [0.05, 0.1) is 0 Å². The maximum Gasteiger partial charge on any atom is 0.325 e. The maximum atomic E-state index is 13.3. The summed E-state index contributed by atoms with van der Waals surface area (Å²) >= 11 is 0. The van der Waals surface area contributed by atoms with Crippen LogP contribution < -0.4 is 10.6 Å². The van der Waals surface area contributed by atoms with Gasteiger partial charge >= 0.3 is 6.03 Å². The van der Waals surface area contributed by atoms with Gasteiger partial charge in [-0.05, 0) is 50.1 Å². The van der Waals surface area contributed by atoms with Crippen molar-refractivity contribution in [1.82, 2.24) is 15.1 Å². The molecule has 33 heavy (non-hydrogen) atoms. The number of imide groups is 1. The van der Waals surface area contributed by atoms with Crippen LogP contribution in [0.2, 0.25) is 0 Å². The van der Waals surface area contributed by atoms with Crippen molar-refractivity contribution in [2.24, 2.45) is 0 Å². The summed E-state index contributed by atoms with van der Waals surface area (Å²) in [5.41, 5.74) is 0.533. The predicted octanol–water partition coefficient (Wildman–Crippen LogP) is 3.35. The Morgan fingerprint density at radius 2 is 1.61 bits per heavy atom. The van der Waals surface area contributed by atoms with Gasteiger partial charge in [0.25, 0.3) is 11.8 Å². The van der Waals surface area contributed by atoms with Crippen molar-refractivity contribution in [2.45, 2.75) is 39.2 Å². The molecule has 0 aliphatic carbocycles. The Morgan fingerprint density at radius 1 is 0.970 bits per heavy atom. The first-order valence-electron chi connectivity index (χ1n) is 11.2. The highest BCUT2D eigenvalue weighted by atomic mass is 16.2. The second kappa shape index (κ2) is 10.3. The molecule has 1 fully saturated rings. The zero-order valence-corrected chi connectivity index (χ0v) is 19.3. The molecule has 8 heteroatoms. The molecule has 1 saturated heterocycles. The standard InChI is InChI=1S/C25H30N4O4/c1-4-16-25(19-10-8-7-9-11-19)23(32)29(24(33)27-25)17-21(30)26-20-14-12-18(13-15-20)22(31)28(5-2)6-3/h7-15H,4-6,16-17H2,1-3H3,(H,26,30)(H,27,33). The van der Waals surface area contributed by atoms with Crippen LogP contribution in [0.1, 0.15) is 49.5 Å². The largest absolute Gasteiger partial charge is 0.339 e. The van der Waals surface area contributed by atoms with E-state index in [1.165, 1.54) is 0 Å². The average molecular weight is 451 g/mol. The van der Waals surface area contributed by atoms with E-state index in [-0.39, 0.29) is 5.91 Å². The van der Waals surface area contributed by atoms with Crippen molar-refractivity contribution >= 4 is 29.4 Å². The summed E-state index contributed by atoms with van der Waals surface area (Å²) in [7, 11) is 0. The van der Waals surface area contributed by atoms with Crippen LogP contribution in [0.5, 0.6) is 0 Å². The van der Waals surface area contributed by atoms with Gasteiger partial charge in [0.2, 0.25) is 5.91 Å². The number of carbonyl (C=O) groups excluding carboxylic acids is 4. The highest BCUT2D eigenvalue weighted by molar-refractivity contribution is 6.10. The van der Waals surface area contributed by atoms with E-state index in [1.54, 1.807) is 41.3 Å². The van der Waals surface area contributed by atoms with Crippen molar-refractivity contribution in [1.29, 1.82) is 0 Å². The molecular weight excluding hydrogens is 420 g/mol. The van der Waals surface area contributed by atoms with Crippen LogP contribution in [0.15, 0.2) is 54.6 Å². The highest BCUT2D eigenvalue weighted by Gasteiger charge is 2.52. The summed E-state index contributed by atoms with van der Waals surface area (Å²) in [6, 6.07) is 15.0. The highest BCUT2D eigenvalue weighted by Crippen LogP contribution is 2.33. The number of benzene rings is 2. The van der Waals surface area contributed by atoms with Gasteiger partial charge in [-0.3, -0.25) is 19.3 Å². The zero-order chi connectivity index (χ0) is 24.0. The molecule has 2 aromatic rings. The third-order valence-corrected chi connectivity index (χ3v) is 5.84. The van der Waals surface area contributed by atoms with Gasteiger partial charge in [0, 0.05) is 24.3 Å². The lowest BCUT2D eigenvalue weighted by atomic mass is 9.85. The summed E-state index contributed by atoms with van der Waals surface area (Å²) in [5, 5.41) is 5.51. The maximum absolute atomic E-state index is 13.3. The van der Waals surface area contributed by atoms with Crippen molar-refractivity contribution in [3.8, 4) is 0 Å². The molecule has 0 radical (unpaired) electrons. The minimum atomic E-state index is -1.17. The molecule has 0 spiro atoms. The summed E-state index contributed by atoms with van der Waals surface area (Å²) in [4.78, 5) is 53.6. The molecule has 2 N–H and O–H groups in total. The first-order chi connectivity index (χ1) is 15.9. The molecule has 1 aliphatic rings. The molecule has 3 rings (SSSR count). The van der Waals surface area contributed by atoms with Gasteiger partial charge in [-0.1, -0.05) is 43.7 Å². The van der Waals surface area contributed by atoms with Crippen LogP contribution in [0, 0.1) is 0 Å². The average Bonchev–Trinajstić information content (AvgIpc) is 3.06. The second-order valence-corrected chi connectivity index (χ2v) is 7.95. The summed E-state index contributed by atoms with van der Waals surface area (Å²) in [6.45, 7) is 6.60. The molecule has 0 aromatic heterocycles. The zero-order valence-electron chi connectivity index (χ0n) is 19.3. The Hall–Kier alpha value is -3.68. The van der Waals surface area contributed by atoms with E-state index in [9.17, 15) is 19.2 Å². The Labute approximate surface area is 193 Å². The molecular formula is C25H30N4O4. The van der Waals surface area contributed by atoms with Crippen LogP contribution in [-0.4, -0.2) is 53.2 Å². The van der Waals surface area contributed by atoms with Gasteiger partial charge in [0.15, 0.2) is 0 Å². The first-order valence-corrected chi connectivity index (χ1v) is 11.2. The van der Waals surface area contributed by atoms with Crippen molar-refractivity contribution in [2.75, 3.05) is 25.0 Å². The molecule has 1 heterocycles. The van der Waals surface area contributed by atoms with Crippen LogP contribution in [0.4, 0.5) is 10.5 Å². The molecule has 0 saturated carbocycles. The minimum absolute atomic E-state index is 0.0783. The minimum Gasteiger partial charge on any atom is -0.339 e. The van der Waals surface area contributed by atoms with Gasteiger partial charge in [0.1, 0.15) is 12.1 Å². The normalized spacial score (nSPS) is 17.6. The fourth-order valence-electron chi connectivity index (χ4n) is 4.11. The Morgan fingerprint density at radius 3 is 2.18 bits per heavy atom. The molecule has 0 bridgehead atoms. The lowest BCUT2D eigenvalue weighted by Gasteiger charge is -2.26. The summed E-state index contributed by atoms with van der Waals surface area (Å²) in [5.74, 6) is -1.01. The number of rotatable bonds is 9. The van der Waals surface area contributed by atoms with E-state index in [0.717, 1.165) is 4.90 Å². The Bertz CT molecular complexity index is 1020. The van der Waals surface area contributed by atoms with Crippen LogP contribution in [0.3, 0.4) is 0 Å². The molecule has 174 valence electrons. The number of hydrogen-bond acceptors (Lipinski definition) is 4. The van der Waals surface area contributed by atoms with Gasteiger partial charge in [-0.25, -0.2) is 4.79 Å². The van der Waals surface area contributed by atoms with Crippen molar-refractivity contribution in [3.05, 3.63) is 65.7 Å². The van der Waals surface area contributed by atoms with E-state index in [4.69, 9.17) is 0 Å². The lowest BCUT2D eigenvalue weighted by molar-refractivity contribution is -0.134. The quantitative estimate of drug-likeness (QED) is 0.573. The van der Waals surface area contributed by atoms with Crippen LogP contribution >= 0.6 is 0 Å². The molecule has 2 aromatic carbocycles. The predicted molar refractivity (Wildman–Crippen MR) is 126 cm³/mol. The first kappa shape index (κ1) is 24.0. The Balaban J connectivity index is 1.70. The lowest BCUT2D eigenvalue weighted by Crippen LogP contribution is -2.44. The number of nitrogens with zero attached hydrogens (tertiary/aromatic N) is 2. The fraction of sp³-hybridized carbons (Fsp3) is 0.360. The number of hydrogen-bond donors (Lipinski definition) is 2. The molecule has 8 nitrogen and oxygen atoms in total. The number of carbonyl (C=O) groups is 4. The summed E-state index contributed by atoms with van der Waals surface area (Å²) in [6.07, 6.45) is 1.11. The number of amides is 5. The van der Waals surface area contributed by atoms with E-state index in [1.807, 2.05) is 39.0 Å². The Kier molecular flexibility index (Phi) is 7.48. The number of anilines is 1. The van der Waals surface area contributed by atoms with Crippen molar-refractivity contribution in [3.63, 3.8) is 0 Å². The van der Waals surface area contributed by atoms with E-state index in [2.05, 4.69) is 10.6 Å². The van der Waals surface area contributed by atoms with Crippen LogP contribution in [0.25, 0.3) is 0 Å². The topological polar surface area (TPSA) is 98.8 Å². The van der Waals surface area contributed by atoms with Crippen molar-refractivity contribution < 1.29 is 19.2 Å². The van der Waals surface area contributed by atoms with E-state index < -0.39 is 29.9 Å². The molecule has 1 unspecified atom stereocenters. The van der Waals surface area contributed by atoms with Gasteiger partial charge < -0.3 is 15.5 Å². The molecule has 1 atom stereocenters. The smallest absolute Gasteiger partial charge is 0.325 e. The monoisotopic (exact) mass is 450 g/mol. The molecule has 5 amide bonds. The molecule has 1 aliphatic heterocycles. The SMILES string of the molecule is CCCC1(c2ccccc2)NC(=O)N(CC(=O)Nc2ccc(C(=O)N(CC)CC)cc2)C1=O. The summed E-state index contributed by atoms with van der Waals surface area (Å²) < 4.78 is 0. The third-order valence-electron chi connectivity index (χ3n) is 5.84. The van der Waals surface area contributed by atoms with E-state index in [0.29, 0.717) is 42.7 Å². The van der Waals surface area contributed by atoms with Gasteiger partial charge in [-0.15, -0.1) is 0 Å². The number of nitrogens with one attached hydrogen (secondary N) is 2. The number of urea groups is 1.